The number of nitrogens with zero attached hydrogens (tertiary/aromatic N) is 2. The highest BCUT2D eigenvalue weighted by Crippen LogP contribution is 2.42. The van der Waals surface area contributed by atoms with Crippen molar-refractivity contribution in [3.05, 3.63) is 23.0 Å². The van der Waals surface area contributed by atoms with Crippen LogP contribution in [-0.4, -0.2) is 51.8 Å². The summed E-state index contributed by atoms with van der Waals surface area (Å²) in [5.74, 6) is -1.40. The number of hydrogen-bond donors (Lipinski definition) is 1. The zero-order valence-electron chi connectivity index (χ0n) is 15.4. The topological polar surface area (TPSA) is 97.7 Å². The van der Waals surface area contributed by atoms with E-state index in [0.29, 0.717) is 5.56 Å². The van der Waals surface area contributed by atoms with Crippen molar-refractivity contribution in [3.63, 3.8) is 0 Å². The molecule has 1 N–H and O–H groups in total. The minimum Gasteiger partial charge on any atom is -0.456 e. The van der Waals surface area contributed by atoms with Crippen LogP contribution in [0.4, 0.5) is 4.79 Å². The van der Waals surface area contributed by atoms with Crippen LogP contribution in [0.25, 0.3) is 0 Å². The van der Waals surface area contributed by atoms with Crippen molar-refractivity contribution < 1.29 is 23.9 Å². The van der Waals surface area contributed by atoms with E-state index in [9.17, 15) is 19.2 Å². The van der Waals surface area contributed by atoms with E-state index >= 15 is 0 Å². The van der Waals surface area contributed by atoms with Gasteiger partial charge >= 0.3 is 12.0 Å². The number of ether oxygens (including phenoxy) is 1. The van der Waals surface area contributed by atoms with E-state index in [1.807, 2.05) is 25.5 Å². The van der Waals surface area contributed by atoms with Crippen LogP contribution in [-0.2, 0) is 21.4 Å². The smallest absolute Gasteiger partial charge is 0.326 e. The molecule has 1 aliphatic carbocycles. The van der Waals surface area contributed by atoms with Crippen molar-refractivity contribution in [2.45, 2.75) is 39.2 Å². The van der Waals surface area contributed by atoms with Gasteiger partial charge in [0.1, 0.15) is 12.1 Å². The number of Topliss-reactive ketones (excluding diaryl/α,β-unsaturated/α-hetero) is 1. The SMILES string of the molecule is Cc1cc(C(=O)COC(=O)CN2C(=O)N[C@](C)(C3CC3)C2=O)c(C)n1C. The first-order valence-corrected chi connectivity index (χ1v) is 8.61. The summed E-state index contributed by atoms with van der Waals surface area (Å²) in [5.41, 5.74) is 1.27. The number of rotatable bonds is 6. The second kappa shape index (κ2) is 6.26. The molecule has 140 valence electrons. The minimum absolute atomic E-state index is 0.117. The number of hydrogen-bond acceptors (Lipinski definition) is 5. The number of imide groups is 1. The van der Waals surface area contributed by atoms with Crippen molar-refractivity contribution in [2.75, 3.05) is 13.2 Å². The Kier molecular flexibility index (Phi) is 4.37. The Hall–Kier alpha value is -2.64. The molecule has 2 aliphatic rings. The predicted octanol–water partition coefficient (Wildman–Crippen LogP) is 1.09. The number of urea groups is 1. The Morgan fingerprint density at radius 3 is 2.50 bits per heavy atom. The molecular formula is C18H23N3O5. The Labute approximate surface area is 151 Å². The third kappa shape index (κ3) is 3.00. The average Bonchev–Trinajstić information content (AvgIpc) is 3.38. The van der Waals surface area contributed by atoms with Crippen molar-refractivity contribution in [1.82, 2.24) is 14.8 Å². The fourth-order valence-corrected chi connectivity index (χ4v) is 3.33. The van der Waals surface area contributed by atoms with Crippen molar-refractivity contribution >= 4 is 23.7 Å². The van der Waals surface area contributed by atoms with Gasteiger partial charge in [0.05, 0.1) is 0 Å². The maximum absolute atomic E-state index is 12.5. The number of esters is 1. The number of carbonyl (C=O) groups is 4. The van der Waals surface area contributed by atoms with E-state index in [0.717, 1.165) is 29.1 Å². The highest BCUT2D eigenvalue weighted by atomic mass is 16.5. The van der Waals surface area contributed by atoms with Gasteiger partial charge in [-0.3, -0.25) is 19.3 Å². The molecule has 0 spiro atoms. The first-order chi connectivity index (χ1) is 12.1. The fraction of sp³-hybridized carbons (Fsp3) is 0.556. The number of aryl methyl sites for hydroxylation is 1. The monoisotopic (exact) mass is 361 g/mol. The summed E-state index contributed by atoms with van der Waals surface area (Å²) in [7, 11) is 1.85. The quantitative estimate of drug-likeness (QED) is 0.465. The fourth-order valence-electron chi connectivity index (χ4n) is 3.33. The maximum atomic E-state index is 12.5. The van der Waals surface area contributed by atoms with E-state index in [2.05, 4.69) is 5.32 Å². The predicted molar refractivity (Wildman–Crippen MR) is 91.6 cm³/mol. The largest absolute Gasteiger partial charge is 0.456 e. The van der Waals surface area contributed by atoms with Crippen LogP contribution in [0.5, 0.6) is 0 Å². The third-order valence-electron chi connectivity index (χ3n) is 5.42. The lowest BCUT2D eigenvalue weighted by Gasteiger charge is -2.20. The molecule has 3 amide bonds. The summed E-state index contributed by atoms with van der Waals surface area (Å²) in [5, 5.41) is 2.66. The second-order valence-electron chi connectivity index (χ2n) is 7.23. The highest BCUT2D eigenvalue weighted by Gasteiger charge is 2.56. The first-order valence-electron chi connectivity index (χ1n) is 8.61. The molecule has 1 aromatic heterocycles. The molecule has 0 unspecified atom stereocenters. The maximum Gasteiger partial charge on any atom is 0.326 e. The molecule has 1 aromatic rings. The molecular weight excluding hydrogens is 338 g/mol. The zero-order valence-corrected chi connectivity index (χ0v) is 15.4. The molecule has 8 nitrogen and oxygen atoms in total. The van der Waals surface area contributed by atoms with Gasteiger partial charge in [-0.2, -0.15) is 0 Å². The number of ketones is 1. The number of amides is 3. The van der Waals surface area contributed by atoms with Crippen LogP contribution < -0.4 is 5.32 Å². The van der Waals surface area contributed by atoms with Crippen molar-refractivity contribution in [1.29, 1.82) is 0 Å². The van der Waals surface area contributed by atoms with Gasteiger partial charge in [-0.1, -0.05) is 0 Å². The summed E-state index contributed by atoms with van der Waals surface area (Å²) in [6, 6.07) is 1.14. The van der Waals surface area contributed by atoms with E-state index < -0.39 is 36.6 Å². The molecule has 0 aromatic carbocycles. The summed E-state index contributed by atoms with van der Waals surface area (Å²) >= 11 is 0. The lowest BCUT2D eigenvalue weighted by molar-refractivity contribution is -0.146. The summed E-state index contributed by atoms with van der Waals surface area (Å²) in [6.07, 6.45) is 1.76. The lowest BCUT2D eigenvalue weighted by atomic mass is 9.96. The van der Waals surface area contributed by atoms with Crippen molar-refractivity contribution in [3.8, 4) is 0 Å². The minimum atomic E-state index is -0.939. The van der Waals surface area contributed by atoms with E-state index in [4.69, 9.17) is 4.74 Å². The van der Waals surface area contributed by atoms with Crippen LogP contribution in [0.15, 0.2) is 6.07 Å². The van der Waals surface area contributed by atoms with Gasteiger partial charge in [0, 0.05) is 24.0 Å². The van der Waals surface area contributed by atoms with E-state index in [-0.39, 0.29) is 11.7 Å². The molecule has 1 atom stereocenters. The van der Waals surface area contributed by atoms with Gasteiger partial charge in [0.2, 0.25) is 5.78 Å². The molecule has 3 rings (SSSR count). The molecule has 1 aliphatic heterocycles. The van der Waals surface area contributed by atoms with Gasteiger partial charge in [-0.15, -0.1) is 0 Å². The Bertz CT molecular complexity index is 808. The van der Waals surface area contributed by atoms with Crippen LogP contribution in [0.1, 0.15) is 41.5 Å². The molecule has 0 radical (unpaired) electrons. The Balaban J connectivity index is 1.57. The van der Waals surface area contributed by atoms with Crippen LogP contribution in [0.2, 0.25) is 0 Å². The molecule has 8 heteroatoms. The molecule has 1 saturated heterocycles. The second-order valence-corrected chi connectivity index (χ2v) is 7.23. The first kappa shape index (κ1) is 18.2. The van der Waals surface area contributed by atoms with Crippen LogP contribution >= 0.6 is 0 Å². The highest BCUT2D eigenvalue weighted by molar-refractivity contribution is 6.09. The van der Waals surface area contributed by atoms with Gasteiger partial charge in [-0.05, 0) is 45.6 Å². The zero-order chi connectivity index (χ0) is 19.2. The van der Waals surface area contributed by atoms with Gasteiger partial charge in [-0.25, -0.2) is 4.79 Å². The van der Waals surface area contributed by atoms with Gasteiger partial charge < -0.3 is 14.6 Å². The summed E-state index contributed by atoms with van der Waals surface area (Å²) < 4.78 is 6.87. The molecule has 2 heterocycles. The molecule has 1 saturated carbocycles. The Morgan fingerprint density at radius 2 is 1.96 bits per heavy atom. The number of carbonyl (C=O) groups excluding carboxylic acids is 4. The van der Waals surface area contributed by atoms with Crippen LogP contribution in [0.3, 0.4) is 0 Å². The molecule has 0 bridgehead atoms. The van der Waals surface area contributed by atoms with Gasteiger partial charge in [0.25, 0.3) is 5.91 Å². The van der Waals surface area contributed by atoms with Gasteiger partial charge in [0.15, 0.2) is 6.61 Å². The Morgan fingerprint density at radius 1 is 1.31 bits per heavy atom. The average molecular weight is 361 g/mol. The van der Waals surface area contributed by atoms with Crippen molar-refractivity contribution in [2.24, 2.45) is 13.0 Å². The third-order valence-corrected chi connectivity index (χ3v) is 5.42. The standard InChI is InChI=1S/C18H23N3O5/c1-10-7-13(11(2)20(10)4)14(22)9-26-15(23)8-21-16(24)18(3,12-5-6-12)19-17(21)25/h7,12H,5-6,8-9H2,1-4H3,(H,19,25)/t18-/m1/s1. The number of aromatic nitrogens is 1. The van der Waals surface area contributed by atoms with Crippen LogP contribution in [0, 0.1) is 19.8 Å². The lowest BCUT2D eigenvalue weighted by Crippen LogP contribution is -2.46. The van der Waals surface area contributed by atoms with E-state index in [1.165, 1.54) is 0 Å². The van der Waals surface area contributed by atoms with E-state index in [1.54, 1.807) is 13.0 Å². The normalized spacial score (nSPS) is 22.5. The number of nitrogens with one attached hydrogen (secondary N) is 1. The summed E-state index contributed by atoms with van der Waals surface area (Å²) in [4.78, 5) is 49.6. The summed E-state index contributed by atoms with van der Waals surface area (Å²) in [6.45, 7) is 4.46. The molecule has 26 heavy (non-hydrogen) atoms. The molecule has 2 fully saturated rings.